The van der Waals surface area contributed by atoms with Gasteiger partial charge in [0.2, 0.25) is 0 Å². The minimum absolute atomic E-state index is 0.0799. The topological polar surface area (TPSA) is 29.3 Å². The molecule has 0 saturated carbocycles. The smallest absolute Gasteiger partial charge is 0.0459 e. The third-order valence-electron chi connectivity index (χ3n) is 3.58. The standard InChI is InChI=1S/C18H23ClN2/c1-12-8-13(2)10-15(9-12)21(4)18-7-5-6-17(19)16(18)11-14(3)20/h5-10,14H,11,20H2,1-4H3. The molecule has 0 aliphatic rings. The summed E-state index contributed by atoms with van der Waals surface area (Å²) in [6, 6.07) is 12.6. The lowest BCUT2D eigenvalue weighted by Crippen LogP contribution is -2.20. The van der Waals surface area contributed by atoms with E-state index in [1.165, 1.54) is 16.8 Å². The Labute approximate surface area is 132 Å². The van der Waals surface area contributed by atoms with Gasteiger partial charge in [-0.3, -0.25) is 0 Å². The SMILES string of the molecule is Cc1cc(C)cc(N(C)c2cccc(Cl)c2CC(C)N)c1. The highest BCUT2D eigenvalue weighted by Gasteiger charge is 2.14. The number of nitrogens with zero attached hydrogens (tertiary/aromatic N) is 1. The van der Waals surface area contributed by atoms with Gasteiger partial charge in [-0.25, -0.2) is 0 Å². The first kappa shape index (κ1) is 15.9. The molecule has 0 amide bonds. The molecule has 1 unspecified atom stereocenters. The first-order valence-corrected chi connectivity index (χ1v) is 7.61. The number of aryl methyl sites for hydroxylation is 2. The molecule has 0 aliphatic carbocycles. The average Bonchev–Trinajstić information content (AvgIpc) is 2.38. The fourth-order valence-corrected chi connectivity index (χ4v) is 2.92. The first-order chi connectivity index (χ1) is 9.88. The van der Waals surface area contributed by atoms with Crippen LogP contribution in [0.2, 0.25) is 5.02 Å². The van der Waals surface area contributed by atoms with E-state index in [1.807, 2.05) is 19.1 Å². The summed E-state index contributed by atoms with van der Waals surface area (Å²) >= 11 is 6.39. The predicted octanol–water partition coefficient (Wildman–Crippen LogP) is 4.61. The van der Waals surface area contributed by atoms with Gasteiger partial charge in [0, 0.05) is 29.5 Å². The highest BCUT2D eigenvalue weighted by atomic mass is 35.5. The van der Waals surface area contributed by atoms with E-state index in [4.69, 9.17) is 17.3 Å². The maximum atomic E-state index is 6.39. The second-order valence-electron chi connectivity index (χ2n) is 5.82. The quantitative estimate of drug-likeness (QED) is 0.893. The van der Waals surface area contributed by atoms with Crippen LogP contribution in [0.15, 0.2) is 36.4 Å². The Kier molecular flexibility index (Phi) is 4.92. The van der Waals surface area contributed by atoms with Gasteiger partial charge >= 0.3 is 0 Å². The largest absolute Gasteiger partial charge is 0.344 e. The van der Waals surface area contributed by atoms with Crippen LogP contribution in [0.1, 0.15) is 23.6 Å². The molecule has 21 heavy (non-hydrogen) atoms. The number of benzene rings is 2. The van der Waals surface area contributed by atoms with E-state index >= 15 is 0 Å². The Bertz CT molecular complexity index is 615. The molecule has 2 N–H and O–H groups in total. The lowest BCUT2D eigenvalue weighted by atomic mass is 10.0. The lowest BCUT2D eigenvalue weighted by Gasteiger charge is -2.25. The molecule has 0 saturated heterocycles. The molecule has 2 nitrogen and oxygen atoms in total. The van der Waals surface area contributed by atoms with Crippen molar-refractivity contribution in [1.29, 1.82) is 0 Å². The molecule has 2 aromatic carbocycles. The lowest BCUT2D eigenvalue weighted by molar-refractivity contribution is 0.737. The van der Waals surface area contributed by atoms with Crippen molar-refractivity contribution in [2.45, 2.75) is 33.2 Å². The highest BCUT2D eigenvalue weighted by molar-refractivity contribution is 6.31. The van der Waals surface area contributed by atoms with Gasteiger partial charge in [-0.2, -0.15) is 0 Å². The van der Waals surface area contributed by atoms with Crippen LogP contribution in [0, 0.1) is 13.8 Å². The number of hydrogen-bond donors (Lipinski definition) is 1. The summed E-state index contributed by atoms with van der Waals surface area (Å²) in [6.07, 6.45) is 0.768. The van der Waals surface area contributed by atoms with Crippen LogP contribution < -0.4 is 10.6 Å². The molecule has 0 aromatic heterocycles. The zero-order valence-corrected chi connectivity index (χ0v) is 13.9. The van der Waals surface area contributed by atoms with Gasteiger partial charge in [-0.05, 0) is 68.1 Å². The Balaban J connectivity index is 2.47. The number of rotatable bonds is 4. The van der Waals surface area contributed by atoms with Crippen molar-refractivity contribution in [3.63, 3.8) is 0 Å². The Hall–Kier alpha value is -1.51. The van der Waals surface area contributed by atoms with E-state index in [0.29, 0.717) is 0 Å². The number of hydrogen-bond acceptors (Lipinski definition) is 2. The van der Waals surface area contributed by atoms with Crippen LogP contribution in [0.4, 0.5) is 11.4 Å². The Morgan fingerprint density at radius 3 is 2.33 bits per heavy atom. The summed E-state index contributed by atoms with van der Waals surface area (Å²) in [7, 11) is 2.07. The molecular weight excluding hydrogens is 280 g/mol. The second-order valence-corrected chi connectivity index (χ2v) is 6.23. The minimum Gasteiger partial charge on any atom is -0.344 e. The maximum Gasteiger partial charge on any atom is 0.0459 e. The van der Waals surface area contributed by atoms with Gasteiger partial charge in [0.05, 0.1) is 0 Å². The Morgan fingerprint density at radius 2 is 1.76 bits per heavy atom. The second kappa shape index (κ2) is 6.50. The van der Waals surface area contributed by atoms with Gasteiger partial charge in [-0.15, -0.1) is 0 Å². The van der Waals surface area contributed by atoms with Crippen molar-refractivity contribution in [3.8, 4) is 0 Å². The van der Waals surface area contributed by atoms with Crippen LogP contribution in [-0.2, 0) is 6.42 Å². The number of anilines is 2. The van der Waals surface area contributed by atoms with Gasteiger partial charge in [-0.1, -0.05) is 23.7 Å². The molecule has 0 bridgehead atoms. The van der Waals surface area contributed by atoms with Crippen LogP contribution in [0.25, 0.3) is 0 Å². The van der Waals surface area contributed by atoms with Crippen molar-refractivity contribution in [1.82, 2.24) is 0 Å². The van der Waals surface area contributed by atoms with E-state index in [0.717, 1.165) is 22.7 Å². The summed E-state index contributed by atoms with van der Waals surface area (Å²) in [5, 5.41) is 0.779. The van der Waals surface area contributed by atoms with Crippen molar-refractivity contribution >= 4 is 23.0 Å². The average molecular weight is 303 g/mol. The molecule has 0 heterocycles. The third-order valence-corrected chi connectivity index (χ3v) is 3.93. The molecular formula is C18H23ClN2. The van der Waals surface area contributed by atoms with Crippen LogP contribution in [0.3, 0.4) is 0 Å². The Morgan fingerprint density at radius 1 is 1.14 bits per heavy atom. The molecule has 0 aliphatic heterocycles. The van der Waals surface area contributed by atoms with Crippen molar-refractivity contribution in [2.75, 3.05) is 11.9 Å². The van der Waals surface area contributed by atoms with E-state index < -0.39 is 0 Å². The third kappa shape index (κ3) is 3.78. The molecule has 2 rings (SSSR count). The summed E-state index contributed by atoms with van der Waals surface area (Å²) in [5.41, 5.74) is 11.9. The van der Waals surface area contributed by atoms with Crippen LogP contribution in [-0.4, -0.2) is 13.1 Å². The molecule has 1 atom stereocenters. The van der Waals surface area contributed by atoms with Gasteiger partial charge in [0.1, 0.15) is 0 Å². The van der Waals surface area contributed by atoms with Gasteiger partial charge in [0.25, 0.3) is 0 Å². The monoisotopic (exact) mass is 302 g/mol. The summed E-state index contributed by atoms with van der Waals surface area (Å²) in [5.74, 6) is 0. The van der Waals surface area contributed by atoms with Crippen molar-refractivity contribution < 1.29 is 0 Å². The predicted molar refractivity (Wildman–Crippen MR) is 92.8 cm³/mol. The summed E-state index contributed by atoms with van der Waals surface area (Å²) in [4.78, 5) is 2.18. The van der Waals surface area contributed by atoms with Crippen molar-refractivity contribution in [3.05, 3.63) is 58.1 Å². The van der Waals surface area contributed by atoms with Gasteiger partial charge < -0.3 is 10.6 Å². The fraction of sp³-hybridized carbons (Fsp3) is 0.333. The van der Waals surface area contributed by atoms with Gasteiger partial charge in [0.15, 0.2) is 0 Å². The number of nitrogens with two attached hydrogens (primary N) is 1. The first-order valence-electron chi connectivity index (χ1n) is 7.23. The van der Waals surface area contributed by atoms with E-state index in [9.17, 15) is 0 Å². The number of halogens is 1. The normalized spacial score (nSPS) is 12.3. The molecule has 3 heteroatoms. The van der Waals surface area contributed by atoms with Crippen molar-refractivity contribution in [2.24, 2.45) is 5.73 Å². The molecule has 2 aromatic rings. The fourth-order valence-electron chi connectivity index (χ4n) is 2.67. The molecule has 0 radical (unpaired) electrons. The molecule has 0 spiro atoms. The highest BCUT2D eigenvalue weighted by Crippen LogP contribution is 2.33. The molecule has 112 valence electrons. The zero-order valence-electron chi connectivity index (χ0n) is 13.2. The minimum atomic E-state index is 0.0799. The zero-order chi connectivity index (χ0) is 15.6. The van der Waals surface area contributed by atoms with E-state index in [2.05, 4.69) is 50.1 Å². The van der Waals surface area contributed by atoms with Crippen LogP contribution in [0.5, 0.6) is 0 Å². The maximum absolute atomic E-state index is 6.39. The molecule has 0 fully saturated rings. The van der Waals surface area contributed by atoms with E-state index in [1.54, 1.807) is 0 Å². The van der Waals surface area contributed by atoms with Crippen LogP contribution >= 0.6 is 11.6 Å². The van der Waals surface area contributed by atoms with E-state index in [-0.39, 0.29) is 6.04 Å². The summed E-state index contributed by atoms with van der Waals surface area (Å²) in [6.45, 7) is 6.24. The summed E-state index contributed by atoms with van der Waals surface area (Å²) < 4.78 is 0.